The third-order valence-corrected chi connectivity index (χ3v) is 3.70. The van der Waals surface area contributed by atoms with E-state index in [1.54, 1.807) is 19.2 Å². The average molecular weight is 304 g/mol. The minimum atomic E-state index is -0.357. The summed E-state index contributed by atoms with van der Waals surface area (Å²) in [6, 6.07) is 3.66. The number of anilines is 2. The summed E-state index contributed by atoms with van der Waals surface area (Å²) in [6.45, 7) is 1.75. The van der Waals surface area contributed by atoms with E-state index < -0.39 is 0 Å². The molecule has 1 aliphatic heterocycles. The number of piperidine rings is 1. The number of nitrogens with zero attached hydrogens (tertiary/aromatic N) is 2. The van der Waals surface area contributed by atoms with Crippen molar-refractivity contribution in [2.45, 2.75) is 18.9 Å². The van der Waals surface area contributed by atoms with Crippen molar-refractivity contribution in [1.82, 2.24) is 15.6 Å². The van der Waals surface area contributed by atoms with Crippen molar-refractivity contribution in [2.24, 2.45) is 0 Å². The van der Waals surface area contributed by atoms with E-state index in [1.165, 1.54) is 0 Å². The van der Waals surface area contributed by atoms with Crippen molar-refractivity contribution in [1.29, 1.82) is 5.41 Å². The predicted octanol–water partition coefficient (Wildman–Crippen LogP) is 0.425. The molecule has 1 saturated heterocycles. The second-order valence-corrected chi connectivity index (χ2v) is 5.60. The van der Waals surface area contributed by atoms with Crippen LogP contribution in [0.1, 0.15) is 18.4 Å². The Morgan fingerprint density at radius 1 is 1.45 bits per heavy atom. The molecule has 0 saturated carbocycles. The third kappa shape index (κ3) is 3.73. The Morgan fingerprint density at radius 2 is 2.23 bits per heavy atom. The van der Waals surface area contributed by atoms with Gasteiger partial charge in [-0.3, -0.25) is 10.2 Å². The molecule has 22 heavy (non-hydrogen) atoms. The van der Waals surface area contributed by atoms with Crippen LogP contribution in [0.3, 0.4) is 0 Å². The Labute approximate surface area is 131 Å². The number of nitrogens with one attached hydrogen (secondary N) is 4. The molecule has 1 aromatic heterocycles. The van der Waals surface area contributed by atoms with Crippen LogP contribution in [0, 0.1) is 5.41 Å². The van der Waals surface area contributed by atoms with Crippen molar-refractivity contribution < 1.29 is 4.79 Å². The molecule has 1 unspecified atom stereocenters. The normalized spacial score (nSPS) is 17.7. The van der Waals surface area contributed by atoms with Crippen molar-refractivity contribution in [2.75, 3.05) is 44.4 Å². The number of rotatable bonds is 5. The highest BCUT2D eigenvalue weighted by Crippen LogP contribution is 2.18. The van der Waals surface area contributed by atoms with Crippen LogP contribution in [0.25, 0.3) is 0 Å². The Balaban J connectivity index is 2.12. The third-order valence-electron chi connectivity index (χ3n) is 3.70. The molecule has 1 aromatic rings. The van der Waals surface area contributed by atoms with Gasteiger partial charge in [0.1, 0.15) is 17.3 Å². The maximum atomic E-state index is 12.3. The van der Waals surface area contributed by atoms with Gasteiger partial charge in [-0.05, 0) is 31.5 Å². The highest BCUT2D eigenvalue weighted by atomic mass is 16.1. The van der Waals surface area contributed by atoms with E-state index in [2.05, 4.69) is 20.9 Å². The van der Waals surface area contributed by atoms with Gasteiger partial charge in [0.25, 0.3) is 5.91 Å². The van der Waals surface area contributed by atoms with E-state index in [-0.39, 0.29) is 17.7 Å². The van der Waals surface area contributed by atoms with Gasteiger partial charge in [0.2, 0.25) is 0 Å². The number of hydrogen-bond donors (Lipinski definition) is 4. The molecule has 1 amide bonds. The molecule has 0 radical (unpaired) electrons. The Bertz CT molecular complexity index is 551. The molecule has 0 aromatic carbocycles. The molecule has 0 aliphatic carbocycles. The number of amides is 1. The van der Waals surface area contributed by atoms with Crippen LogP contribution < -0.4 is 20.9 Å². The van der Waals surface area contributed by atoms with Crippen molar-refractivity contribution in [3.8, 4) is 0 Å². The molecule has 0 spiro atoms. The lowest BCUT2D eigenvalue weighted by atomic mass is 10.1. The first-order chi connectivity index (χ1) is 10.5. The van der Waals surface area contributed by atoms with E-state index >= 15 is 0 Å². The number of carbonyl (C=O) groups is 1. The molecule has 7 nitrogen and oxygen atoms in total. The number of aromatic nitrogens is 1. The van der Waals surface area contributed by atoms with Crippen LogP contribution in [0.4, 0.5) is 11.6 Å². The van der Waals surface area contributed by atoms with Gasteiger partial charge in [0.05, 0.1) is 0 Å². The minimum absolute atomic E-state index is 0.0623. The first kappa shape index (κ1) is 16.2. The molecule has 1 fully saturated rings. The Hall–Kier alpha value is -2.15. The molecule has 120 valence electrons. The zero-order valence-corrected chi connectivity index (χ0v) is 13.4. The molecular formula is C15H24N6O. The van der Waals surface area contributed by atoms with E-state index in [9.17, 15) is 4.79 Å². The van der Waals surface area contributed by atoms with Gasteiger partial charge in [-0.2, -0.15) is 0 Å². The number of pyridine rings is 1. The maximum Gasteiger partial charge on any atom is 0.270 e. The van der Waals surface area contributed by atoms with Crippen molar-refractivity contribution >= 4 is 23.3 Å². The quantitative estimate of drug-likeness (QED) is 0.592. The summed E-state index contributed by atoms with van der Waals surface area (Å²) in [5, 5.41) is 17.3. The van der Waals surface area contributed by atoms with Crippen LogP contribution in [0.5, 0.6) is 0 Å². The molecule has 0 bridgehead atoms. The predicted molar refractivity (Wildman–Crippen MR) is 89.0 cm³/mol. The van der Waals surface area contributed by atoms with Gasteiger partial charge in [-0.1, -0.05) is 0 Å². The largest absolute Gasteiger partial charge is 0.373 e. The lowest BCUT2D eigenvalue weighted by Gasteiger charge is -2.24. The smallest absolute Gasteiger partial charge is 0.270 e. The fourth-order valence-corrected chi connectivity index (χ4v) is 2.45. The van der Waals surface area contributed by atoms with E-state index in [4.69, 9.17) is 5.41 Å². The SMILES string of the molecule is CNc1nc(N(C)C)ccc1C(=N)C(=O)NC1CCCNC1. The van der Waals surface area contributed by atoms with Crippen LogP contribution >= 0.6 is 0 Å². The van der Waals surface area contributed by atoms with Crippen molar-refractivity contribution in [3.05, 3.63) is 17.7 Å². The fraction of sp³-hybridized carbons (Fsp3) is 0.533. The first-order valence-electron chi connectivity index (χ1n) is 7.49. The molecule has 1 aliphatic rings. The van der Waals surface area contributed by atoms with E-state index in [0.29, 0.717) is 11.4 Å². The summed E-state index contributed by atoms with van der Waals surface area (Å²) in [7, 11) is 5.53. The second kappa shape index (κ2) is 7.22. The standard InChI is InChI=1S/C15H24N6O/c1-17-14-11(6-7-12(20-14)21(2)3)13(16)15(22)19-10-5-4-8-18-9-10/h6-7,10,16,18H,4-5,8-9H2,1-3H3,(H,17,20)(H,19,22). The molecule has 7 heteroatoms. The molecule has 2 heterocycles. The summed E-state index contributed by atoms with van der Waals surface area (Å²) in [5.74, 6) is 0.954. The monoisotopic (exact) mass is 304 g/mol. The van der Waals surface area contributed by atoms with Crippen LogP contribution in [-0.4, -0.2) is 56.9 Å². The van der Waals surface area contributed by atoms with Gasteiger partial charge >= 0.3 is 0 Å². The Morgan fingerprint density at radius 3 is 2.82 bits per heavy atom. The topological polar surface area (TPSA) is 93.1 Å². The second-order valence-electron chi connectivity index (χ2n) is 5.60. The highest BCUT2D eigenvalue weighted by molar-refractivity contribution is 6.45. The van der Waals surface area contributed by atoms with Gasteiger partial charge in [-0.25, -0.2) is 4.98 Å². The summed E-state index contributed by atoms with van der Waals surface area (Å²) in [5.41, 5.74) is 0.446. The fourth-order valence-electron chi connectivity index (χ4n) is 2.45. The molecule has 2 rings (SSSR count). The summed E-state index contributed by atoms with van der Waals surface area (Å²) in [6.07, 6.45) is 1.99. The average Bonchev–Trinajstić information content (AvgIpc) is 2.54. The van der Waals surface area contributed by atoms with Crippen molar-refractivity contribution in [3.63, 3.8) is 0 Å². The summed E-state index contributed by atoms with van der Waals surface area (Å²) in [4.78, 5) is 18.6. The van der Waals surface area contributed by atoms with E-state index in [0.717, 1.165) is 31.7 Å². The number of hydrogen-bond acceptors (Lipinski definition) is 6. The van der Waals surface area contributed by atoms with Crippen LogP contribution in [0.2, 0.25) is 0 Å². The van der Waals surface area contributed by atoms with Gasteiger partial charge in [0, 0.05) is 39.3 Å². The maximum absolute atomic E-state index is 12.3. The first-order valence-corrected chi connectivity index (χ1v) is 7.49. The zero-order valence-electron chi connectivity index (χ0n) is 13.4. The van der Waals surface area contributed by atoms with Gasteiger partial charge in [0.15, 0.2) is 0 Å². The van der Waals surface area contributed by atoms with Gasteiger partial charge < -0.3 is 20.9 Å². The highest BCUT2D eigenvalue weighted by Gasteiger charge is 2.21. The van der Waals surface area contributed by atoms with Gasteiger partial charge in [-0.15, -0.1) is 0 Å². The summed E-state index contributed by atoms with van der Waals surface area (Å²) >= 11 is 0. The Kier molecular flexibility index (Phi) is 5.32. The van der Waals surface area contributed by atoms with Crippen LogP contribution in [0.15, 0.2) is 12.1 Å². The minimum Gasteiger partial charge on any atom is -0.373 e. The van der Waals surface area contributed by atoms with E-state index in [1.807, 2.05) is 19.0 Å². The lowest BCUT2D eigenvalue weighted by molar-refractivity contribution is -0.115. The lowest BCUT2D eigenvalue weighted by Crippen LogP contribution is -2.47. The molecular weight excluding hydrogens is 280 g/mol. The summed E-state index contributed by atoms with van der Waals surface area (Å²) < 4.78 is 0. The number of carbonyl (C=O) groups excluding carboxylic acids is 1. The molecule has 1 atom stereocenters. The van der Waals surface area contributed by atoms with Crippen LogP contribution in [-0.2, 0) is 4.79 Å². The zero-order chi connectivity index (χ0) is 16.1. The molecule has 4 N–H and O–H groups in total.